The van der Waals surface area contributed by atoms with Crippen LogP contribution in [0.1, 0.15) is 11.1 Å². The standard InChI is InChI=1S/C17H18N4/c1-12-2-4-13(5-3-12)8-9-19-17-15-10-14(18)6-7-16(15)20-11-21-17/h2-7,10-11H,8-9,18H2,1H3,(H,19,20,21). The van der Waals surface area contributed by atoms with Gasteiger partial charge in [0, 0.05) is 17.6 Å². The van der Waals surface area contributed by atoms with Gasteiger partial charge in [0.1, 0.15) is 12.1 Å². The molecular weight excluding hydrogens is 260 g/mol. The SMILES string of the molecule is Cc1ccc(CCNc2ncnc3ccc(N)cc23)cc1. The van der Waals surface area contributed by atoms with Crippen LogP contribution in [0.25, 0.3) is 10.9 Å². The van der Waals surface area contributed by atoms with Crippen molar-refractivity contribution in [1.29, 1.82) is 0 Å². The van der Waals surface area contributed by atoms with Crippen LogP contribution in [0.15, 0.2) is 48.8 Å². The van der Waals surface area contributed by atoms with Crippen molar-refractivity contribution in [1.82, 2.24) is 9.97 Å². The van der Waals surface area contributed by atoms with Crippen LogP contribution in [0.5, 0.6) is 0 Å². The van der Waals surface area contributed by atoms with Gasteiger partial charge in [0.15, 0.2) is 0 Å². The Bertz CT molecular complexity index is 750. The molecule has 0 saturated heterocycles. The minimum atomic E-state index is 0.721. The topological polar surface area (TPSA) is 63.8 Å². The molecule has 0 aliphatic rings. The molecule has 3 aromatic rings. The number of benzene rings is 2. The van der Waals surface area contributed by atoms with E-state index in [9.17, 15) is 0 Å². The summed E-state index contributed by atoms with van der Waals surface area (Å²) < 4.78 is 0. The number of nitrogen functional groups attached to an aromatic ring is 1. The predicted molar refractivity (Wildman–Crippen MR) is 87.3 cm³/mol. The van der Waals surface area contributed by atoms with E-state index in [1.165, 1.54) is 11.1 Å². The zero-order chi connectivity index (χ0) is 14.7. The number of aromatic nitrogens is 2. The Kier molecular flexibility index (Phi) is 3.69. The number of hydrogen-bond donors (Lipinski definition) is 2. The summed E-state index contributed by atoms with van der Waals surface area (Å²) in [5.74, 6) is 0.833. The van der Waals surface area contributed by atoms with Gasteiger partial charge in [-0.3, -0.25) is 0 Å². The lowest BCUT2D eigenvalue weighted by atomic mass is 10.1. The first-order valence-corrected chi connectivity index (χ1v) is 7.02. The molecule has 3 N–H and O–H groups in total. The molecule has 3 rings (SSSR count). The number of aryl methyl sites for hydroxylation is 1. The zero-order valence-electron chi connectivity index (χ0n) is 12.0. The highest BCUT2D eigenvalue weighted by Gasteiger charge is 2.03. The third-order valence-corrected chi connectivity index (χ3v) is 3.49. The summed E-state index contributed by atoms with van der Waals surface area (Å²) in [6, 6.07) is 14.3. The van der Waals surface area contributed by atoms with Crippen LogP contribution >= 0.6 is 0 Å². The molecule has 0 bridgehead atoms. The van der Waals surface area contributed by atoms with Crippen LogP contribution in [0.4, 0.5) is 11.5 Å². The first-order valence-electron chi connectivity index (χ1n) is 7.02. The summed E-state index contributed by atoms with van der Waals surface area (Å²) in [5, 5.41) is 4.33. The van der Waals surface area contributed by atoms with Crippen LogP contribution in [0.3, 0.4) is 0 Å². The molecule has 0 amide bonds. The Morgan fingerprint density at radius 2 is 1.86 bits per heavy atom. The molecule has 0 fully saturated rings. The second-order valence-corrected chi connectivity index (χ2v) is 5.16. The minimum absolute atomic E-state index is 0.721. The number of hydrogen-bond acceptors (Lipinski definition) is 4. The largest absolute Gasteiger partial charge is 0.399 e. The van der Waals surface area contributed by atoms with E-state index in [-0.39, 0.29) is 0 Å². The predicted octanol–water partition coefficient (Wildman–Crippen LogP) is 3.18. The summed E-state index contributed by atoms with van der Waals surface area (Å²) in [6.45, 7) is 2.92. The van der Waals surface area contributed by atoms with Crippen LogP contribution in [0, 0.1) is 6.92 Å². The smallest absolute Gasteiger partial charge is 0.137 e. The van der Waals surface area contributed by atoms with Crippen LogP contribution in [0.2, 0.25) is 0 Å². The molecule has 4 heteroatoms. The van der Waals surface area contributed by atoms with Crippen LogP contribution < -0.4 is 11.1 Å². The average molecular weight is 278 g/mol. The van der Waals surface area contributed by atoms with Gasteiger partial charge in [0.2, 0.25) is 0 Å². The molecule has 4 nitrogen and oxygen atoms in total. The summed E-state index contributed by atoms with van der Waals surface area (Å²) in [6.07, 6.45) is 2.53. The van der Waals surface area contributed by atoms with E-state index in [0.29, 0.717) is 0 Å². The van der Waals surface area contributed by atoms with Gasteiger partial charge >= 0.3 is 0 Å². The van der Waals surface area contributed by atoms with Gasteiger partial charge in [-0.05, 0) is 37.1 Å². The van der Waals surface area contributed by atoms with Crippen molar-refractivity contribution in [3.05, 3.63) is 59.9 Å². The number of nitrogens with zero attached hydrogens (tertiary/aromatic N) is 2. The molecule has 0 aliphatic heterocycles. The summed E-state index contributed by atoms with van der Waals surface area (Å²) in [4.78, 5) is 8.57. The lowest BCUT2D eigenvalue weighted by Gasteiger charge is -2.09. The molecule has 0 spiro atoms. The van der Waals surface area contributed by atoms with E-state index in [2.05, 4.69) is 46.5 Å². The molecule has 2 aromatic carbocycles. The molecule has 21 heavy (non-hydrogen) atoms. The van der Waals surface area contributed by atoms with Gasteiger partial charge in [0.25, 0.3) is 0 Å². The van der Waals surface area contributed by atoms with Crippen molar-refractivity contribution >= 4 is 22.4 Å². The molecule has 106 valence electrons. The Morgan fingerprint density at radius 1 is 1.05 bits per heavy atom. The lowest BCUT2D eigenvalue weighted by Crippen LogP contribution is -2.07. The second-order valence-electron chi connectivity index (χ2n) is 5.16. The molecular formula is C17H18N4. The highest BCUT2D eigenvalue weighted by molar-refractivity contribution is 5.91. The number of anilines is 2. The molecule has 0 aliphatic carbocycles. The second kappa shape index (κ2) is 5.79. The maximum Gasteiger partial charge on any atom is 0.137 e. The van der Waals surface area contributed by atoms with Crippen molar-refractivity contribution in [2.24, 2.45) is 0 Å². The van der Waals surface area contributed by atoms with Crippen molar-refractivity contribution in [2.75, 3.05) is 17.6 Å². The van der Waals surface area contributed by atoms with Gasteiger partial charge in [-0.15, -0.1) is 0 Å². The fraction of sp³-hybridized carbons (Fsp3) is 0.176. The first kappa shape index (κ1) is 13.4. The Balaban J connectivity index is 1.73. The first-order chi connectivity index (χ1) is 10.2. The number of nitrogens with two attached hydrogens (primary N) is 1. The highest BCUT2D eigenvalue weighted by atomic mass is 15.0. The molecule has 0 unspecified atom stereocenters. The van der Waals surface area contributed by atoms with E-state index < -0.39 is 0 Å². The van der Waals surface area contributed by atoms with E-state index in [4.69, 9.17) is 5.73 Å². The van der Waals surface area contributed by atoms with Crippen molar-refractivity contribution in [3.8, 4) is 0 Å². The molecule has 1 heterocycles. The Morgan fingerprint density at radius 3 is 2.67 bits per heavy atom. The van der Waals surface area contributed by atoms with E-state index >= 15 is 0 Å². The Hall–Kier alpha value is -2.62. The third kappa shape index (κ3) is 3.11. The third-order valence-electron chi connectivity index (χ3n) is 3.49. The number of fused-ring (bicyclic) bond motifs is 1. The monoisotopic (exact) mass is 278 g/mol. The number of nitrogens with one attached hydrogen (secondary N) is 1. The highest BCUT2D eigenvalue weighted by Crippen LogP contribution is 2.21. The average Bonchev–Trinajstić information content (AvgIpc) is 2.50. The van der Waals surface area contributed by atoms with Gasteiger partial charge in [-0.2, -0.15) is 0 Å². The van der Waals surface area contributed by atoms with E-state index in [0.717, 1.165) is 35.4 Å². The lowest BCUT2D eigenvalue weighted by molar-refractivity contribution is 1.00. The molecule has 0 radical (unpaired) electrons. The van der Waals surface area contributed by atoms with Gasteiger partial charge in [0.05, 0.1) is 5.52 Å². The summed E-state index contributed by atoms with van der Waals surface area (Å²) in [7, 11) is 0. The maximum absolute atomic E-state index is 5.84. The fourth-order valence-electron chi connectivity index (χ4n) is 2.30. The molecule has 1 aromatic heterocycles. The molecule has 0 saturated carbocycles. The maximum atomic E-state index is 5.84. The van der Waals surface area contributed by atoms with Gasteiger partial charge in [-0.1, -0.05) is 29.8 Å². The Labute approximate surface area is 124 Å². The van der Waals surface area contributed by atoms with Crippen molar-refractivity contribution in [2.45, 2.75) is 13.3 Å². The van der Waals surface area contributed by atoms with Crippen LogP contribution in [-0.4, -0.2) is 16.5 Å². The zero-order valence-corrected chi connectivity index (χ0v) is 12.0. The summed E-state index contributed by atoms with van der Waals surface area (Å²) in [5.41, 5.74) is 10.1. The fourth-order valence-corrected chi connectivity index (χ4v) is 2.30. The van der Waals surface area contributed by atoms with Gasteiger partial charge in [-0.25, -0.2) is 9.97 Å². The van der Waals surface area contributed by atoms with Crippen molar-refractivity contribution in [3.63, 3.8) is 0 Å². The van der Waals surface area contributed by atoms with Crippen molar-refractivity contribution < 1.29 is 0 Å². The van der Waals surface area contributed by atoms with Crippen LogP contribution in [-0.2, 0) is 6.42 Å². The minimum Gasteiger partial charge on any atom is -0.399 e. The number of rotatable bonds is 4. The quantitative estimate of drug-likeness (QED) is 0.719. The summed E-state index contributed by atoms with van der Waals surface area (Å²) >= 11 is 0. The van der Waals surface area contributed by atoms with E-state index in [1.807, 2.05) is 18.2 Å². The normalized spacial score (nSPS) is 10.7. The van der Waals surface area contributed by atoms with Gasteiger partial charge < -0.3 is 11.1 Å². The van der Waals surface area contributed by atoms with E-state index in [1.54, 1.807) is 6.33 Å². The molecule has 0 atom stereocenters.